The average molecular weight is 321 g/mol. The first kappa shape index (κ1) is 16.3. The van der Waals surface area contributed by atoms with Crippen LogP contribution in [0.5, 0.6) is 5.75 Å². The van der Waals surface area contributed by atoms with E-state index in [-0.39, 0.29) is 0 Å². The summed E-state index contributed by atoms with van der Waals surface area (Å²) in [4.78, 5) is 0. The van der Waals surface area contributed by atoms with Crippen molar-refractivity contribution in [2.24, 2.45) is 5.73 Å². The van der Waals surface area contributed by atoms with Crippen LogP contribution in [0.2, 0.25) is 0 Å². The van der Waals surface area contributed by atoms with Gasteiger partial charge >= 0.3 is 0 Å². The lowest BCUT2D eigenvalue weighted by Gasteiger charge is -2.10. The molecule has 1 aromatic heterocycles. The van der Waals surface area contributed by atoms with E-state index in [1.165, 1.54) is 11.1 Å². The van der Waals surface area contributed by atoms with Crippen LogP contribution in [-0.2, 0) is 6.54 Å². The minimum Gasteiger partial charge on any atom is -0.494 e. The summed E-state index contributed by atoms with van der Waals surface area (Å²) >= 11 is 0. The van der Waals surface area contributed by atoms with Gasteiger partial charge in [0.05, 0.1) is 23.7 Å². The summed E-state index contributed by atoms with van der Waals surface area (Å²) in [5, 5.41) is 4.67. The summed E-state index contributed by atoms with van der Waals surface area (Å²) in [6.45, 7) is 7.29. The molecule has 4 nitrogen and oxygen atoms in total. The molecule has 0 spiro atoms. The number of aromatic nitrogens is 2. The number of aryl methyl sites for hydroxylation is 2. The van der Waals surface area contributed by atoms with Gasteiger partial charge in [0.1, 0.15) is 5.75 Å². The lowest BCUT2D eigenvalue weighted by molar-refractivity contribution is 0.340. The molecule has 4 heteroatoms. The Labute approximate surface area is 142 Å². The van der Waals surface area contributed by atoms with Crippen molar-refractivity contribution in [2.75, 3.05) is 6.61 Å². The molecule has 0 fully saturated rings. The van der Waals surface area contributed by atoms with Gasteiger partial charge in [-0.15, -0.1) is 0 Å². The second-order valence-corrected chi connectivity index (χ2v) is 5.86. The first-order valence-corrected chi connectivity index (χ1v) is 8.22. The van der Waals surface area contributed by atoms with Crippen molar-refractivity contribution < 1.29 is 4.74 Å². The molecule has 0 aliphatic heterocycles. The molecule has 1 heterocycles. The van der Waals surface area contributed by atoms with Gasteiger partial charge in [-0.05, 0) is 74.4 Å². The van der Waals surface area contributed by atoms with Crippen molar-refractivity contribution in [2.45, 2.75) is 27.3 Å². The van der Waals surface area contributed by atoms with Gasteiger partial charge in [0.15, 0.2) is 0 Å². The zero-order valence-corrected chi connectivity index (χ0v) is 14.4. The van der Waals surface area contributed by atoms with E-state index in [9.17, 15) is 0 Å². The average Bonchev–Trinajstić information content (AvgIpc) is 3.03. The Morgan fingerprint density at radius 2 is 1.75 bits per heavy atom. The van der Waals surface area contributed by atoms with Crippen molar-refractivity contribution in [3.05, 3.63) is 65.4 Å². The summed E-state index contributed by atoms with van der Waals surface area (Å²) in [5.74, 6) is 0.873. The standard InChI is InChI=1S/C20H23N3O/c1-4-24-19-9-6-16(7-10-19)20-12-17(13-21)22-23(20)18-8-5-14(2)15(3)11-18/h5-12H,4,13,21H2,1-3H3. The number of nitrogens with zero attached hydrogens (tertiary/aromatic N) is 2. The van der Waals surface area contributed by atoms with Crippen LogP contribution in [0.3, 0.4) is 0 Å². The molecule has 0 radical (unpaired) electrons. The molecule has 0 saturated carbocycles. The molecule has 124 valence electrons. The highest BCUT2D eigenvalue weighted by Gasteiger charge is 2.12. The number of rotatable bonds is 5. The van der Waals surface area contributed by atoms with Gasteiger partial charge < -0.3 is 10.5 Å². The maximum Gasteiger partial charge on any atom is 0.119 e. The molecule has 0 aliphatic rings. The van der Waals surface area contributed by atoms with Crippen molar-refractivity contribution in [1.82, 2.24) is 9.78 Å². The molecule has 3 rings (SSSR count). The van der Waals surface area contributed by atoms with Crippen LogP contribution in [0.4, 0.5) is 0 Å². The summed E-state index contributed by atoms with van der Waals surface area (Å²) in [7, 11) is 0. The van der Waals surface area contributed by atoms with Gasteiger partial charge in [0.2, 0.25) is 0 Å². The van der Waals surface area contributed by atoms with Gasteiger partial charge in [-0.25, -0.2) is 4.68 Å². The van der Waals surface area contributed by atoms with Gasteiger partial charge in [-0.2, -0.15) is 5.10 Å². The molecular formula is C20H23N3O. The van der Waals surface area contributed by atoms with E-state index in [2.05, 4.69) is 49.3 Å². The van der Waals surface area contributed by atoms with Crippen molar-refractivity contribution in [1.29, 1.82) is 0 Å². The number of ether oxygens (including phenoxy) is 1. The van der Waals surface area contributed by atoms with Crippen LogP contribution in [-0.4, -0.2) is 16.4 Å². The summed E-state index contributed by atoms with van der Waals surface area (Å²) in [6, 6.07) is 16.5. The fraction of sp³-hybridized carbons (Fsp3) is 0.250. The van der Waals surface area contributed by atoms with Gasteiger partial charge in [0.25, 0.3) is 0 Å². The summed E-state index contributed by atoms with van der Waals surface area (Å²) < 4.78 is 7.49. The predicted molar refractivity (Wildman–Crippen MR) is 97.5 cm³/mol. The summed E-state index contributed by atoms with van der Waals surface area (Å²) in [6.07, 6.45) is 0. The summed E-state index contributed by atoms with van der Waals surface area (Å²) in [5.41, 5.74) is 12.4. The topological polar surface area (TPSA) is 53.1 Å². The molecule has 2 N–H and O–H groups in total. The number of nitrogens with two attached hydrogens (primary N) is 1. The van der Waals surface area contributed by atoms with Crippen molar-refractivity contribution in [3.63, 3.8) is 0 Å². The van der Waals surface area contributed by atoms with Crippen molar-refractivity contribution >= 4 is 0 Å². The van der Waals surface area contributed by atoms with Crippen LogP contribution in [0.15, 0.2) is 48.5 Å². The molecule has 0 atom stereocenters. The third kappa shape index (κ3) is 3.19. The van der Waals surface area contributed by atoms with Crippen molar-refractivity contribution in [3.8, 4) is 22.7 Å². The zero-order valence-electron chi connectivity index (χ0n) is 14.4. The third-order valence-electron chi connectivity index (χ3n) is 4.17. The van der Waals surface area contributed by atoms with E-state index < -0.39 is 0 Å². The van der Waals surface area contributed by atoms with E-state index in [1.807, 2.05) is 29.8 Å². The fourth-order valence-corrected chi connectivity index (χ4v) is 2.68. The monoisotopic (exact) mass is 321 g/mol. The zero-order chi connectivity index (χ0) is 17.1. The Kier molecular flexibility index (Phi) is 4.67. The van der Waals surface area contributed by atoms with Crippen LogP contribution in [0.1, 0.15) is 23.7 Å². The quantitative estimate of drug-likeness (QED) is 0.772. The second kappa shape index (κ2) is 6.89. The lowest BCUT2D eigenvalue weighted by atomic mass is 10.1. The minimum atomic E-state index is 0.419. The highest BCUT2D eigenvalue weighted by molar-refractivity contribution is 5.64. The Bertz CT molecular complexity index is 835. The maximum atomic E-state index is 5.81. The molecule has 0 saturated heterocycles. The van der Waals surface area contributed by atoms with Gasteiger partial charge in [-0.3, -0.25) is 0 Å². The van der Waals surface area contributed by atoms with Gasteiger partial charge in [0, 0.05) is 12.1 Å². The largest absolute Gasteiger partial charge is 0.494 e. The van der Waals surface area contributed by atoms with E-state index in [1.54, 1.807) is 0 Å². The maximum absolute atomic E-state index is 5.81. The molecule has 24 heavy (non-hydrogen) atoms. The number of benzene rings is 2. The molecule has 0 aliphatic carbocycles. The Morgan fingerprint density at radius 1 is 1.00 bits per heavy atom. The molecular weight excluding hydrogens is 298 g/mol. The molecule has 3 aromatic rings. The minimum absolute atomic E-state index is 0.419. The number of hydrogen-bond donors (Lipinski definition) is 1. The van der Waals surface area contributed by atoms with E-state index in [4.69, 9.17) is 10.5 Å². The SMILES string of the molecule is CCOc1ccc(-c2cc(CN)nn2-c2ccc(C)c(C)c2)cc1. The highest BCUT2D eigenvalue weighted by atomic mass is 16.5. The molecule has 0 unspecified atom stereocenters. The lowest BCUT2D eigenvalue weighted by Crippen LogP contribution is -2.02. The van der Waals surface area contributed by atoms with Crippen LogP contribution >= 0.6 is 0 Å². The third-order valence-corrected chi connectivity index (χ3v) is 4.17. The molecule has 2 aromatic carbocycles. The first-order chi connectivity index (χ1) is 11.6. The normalized spacial score (nSPS) is 10.8. The fourth-order valence-electron chi connectivity index (χ4n) is 2.68. The Hall–Kier alpha value is -2.59. The van der Waals surface area contributed by atoms with Gasteiger partial charge in [-0.1, -0.05) is 6.07 Å². The van der Waals surface area contributed by atoms with Crippen LogP contribution < -0.4 is 10.5 Å². The molecule has 0 bridgehead atoms. The Morgan fingerprint density at radius 3 is 2.38 bits per heavy atom. The van der Waals surface area contributed by atoms with Crippen LogP contribution in [0, 0.1) is 13.8 Å². The van der Waals surface area contributed by atoms with E-state index >= 15 is 0 Å². The second-order valence-electron chi connectivity index (χ2n) is 5.86. The molecule has 0 amide bonds. The predicted octanol–water partition coefficient (Wildman–Crippen LogP) is 4.01. The van der Waals surface area contributed by atoms with E-state index in [0.717, 1.165) is 28.4 Å². The van der Waals surface area contributed by atoms with Crippen LogP contribution in [0.25, 0.3) is 16.9 Å². The number of hydrogen-bond acceptors (Lipinski definition) is 3. The smallest absolute Gasteiger partial charge is 0.119 e. The highest BCUT2D eigenvalue weighted by Crippen LogP contribution is 2.27. The first-order valence-electron chi connectivity index (χ1n) is 8.22. The Balaban J connectivity index is 2.07. The van der Waals surface area contributed by atoms with E-state index in [0.29, 0.717) is 13.2 Å².